The van der Waals surface area contributed by atoms with Crippen LogP contribution in [0.15, 0.2) is 0 Å². The highest BCUT2D eigenvalue weighted by Gasteiger charge is 2.32. The Morgan fingerprint density at radius 3 is 0.791 bits per heavy atom. The van der Waals surface area contributed by atoms with Gasteiger partial charge >= 0.3 is 5.97 Å². The second kappa shape index (κ2) is 20.0. The third-order valence-electron chi connectivity index (χ3n) is 5.41. The molecule has 0 aromatic rings. The van der Waals surface area contributed by atoms with Gasteiger partial charge in [-0.2, -0.15) is 0 Å². The Balaban J connectivity index is 5.35. The predicted octanol–water partition coefficient (Wildman–Crippen LogP) is -10.7. The van der Waals surface area contributed by atoms with Crippen LogP contribution in [-0.2, 0) is 33.6 Å². The third-order valence-corrected chi connectivity index (χ3v) is 5.41. The lowest BCUT2D eigenvalue weighted by molar-refractivity contribution is -0.143. The minimum Gasteiger partial charge on any atom is -0.480 e. The number of nitrogens with two attached hydrogens (primary N) is 1. The summed E-state index contributed by atoms with van der Waals surface area (Å²) in [4.78, 5) is 84.7. The molecule has 0 saturated carbocycles. The van der Waals surface area contributed by atoms with Crippen LogP contribution in [0, 0.1) is 0 Å². The van der Waals surface area contributed by atoms with E-state index in [0.29, 0.717) is 0 Å². The molecule has 246 valence electrons. The van der Waals surface area contributed by atoms with Crippen molar-refractivity contribution < 1.29 is 74.4 Å². The van der Waals surface area contributed by atoms with E-state index >= 15 is 0 Å². The molecule has 22 nitrogen and oxygen atoms in total. The van der Waals surface area contributed by atoms with Gasteiger partial charge in [-0.1, -0.05) is 0 Å². The molecule has 43 heavy (non-hydrogen) atoms. The molecule has 0 aliphatic carbocycles. The second-order valence-electron chi connectivity index (χ2n) is 8.59. The van der Waals surface area contributed by atoms with Crippen molar-refractivity contribution in [2.24, 2.45) is 5.73 Å². The lowest BCUT2D eigenvalue weighted by atomic mass is 10.1. The quantitative estimate of drug-likeness (QED) is 0.0595. The zero-order valence-corrected chi connectivity index (χ0v) is 22.5. The largest absolute Gasteiger partial charge is 0.480 e. The van der Waals surface area contributed by atoms with Crippen LogP contribution in [-0.4, -0.2) is 171 Å². The maximum atomic E-state index is 12.6. The number of aliphatic hydroxyl groups excluding tert-OH is 7. The molecular weight excluding hydrogens is 590 g/mol. The fourth-order valence-corrected chi connectivity index (χ4v) is 2.88. The van der Waals surface area contributed by atoms with Gasteiger partial charge in [0.25, 0.3) is 0 Å². The maximum absolute atomic E-state index is 12.6. The molecule has 0 rings (SSSR count). The average molecular weight is 628 g/mol. The Labute approximate surface area is 242 Å². The molecule has 7 atom stereocenters. The highest BCUT2D eigenvalue weighted by molar-refractivity contribution is 5.97. The van der Waals surface area contributed by atoms with Crippen LogP contribution in [0.2, 0.25) is 0 Å². The molecule has 16 N–H and O–H groups in total. The summed E-state index contributed by atoms with van der Waals surface area (Å²) in [6, 6.07) is -12.2. The standard InChI is InChI=1S/C21H37N7O15/c22-8(1-29)15(36)23-9(2-30)16(37)24-10(3-31)17(38)25-11(4-32)18(39)26-12(5-33)19(40)27-13(6-34)20(41)28-14(7-35)21(42)43/h8-14,29-35H,1-7,22H2,(H,23,36)(H,24,37)(H,25,38)(H,26,39)(H,27,40)(H,28,41)(H,42,43)/t8-,9-,10-,11-,12-,13-,14-/m0/s1. The van der Waals surface area contributed by atoms with Crippen LogP contribution in [0.25, 0.3) is 0 Å². The maximum Gasteiger partial charge on any atom is 0.328 e. The molecule has 0 fully saturated rings. The minimum atomic E-state index is -1.85. The Kier molecular flexibility index (Phi) is 18.1. The van der Waals surface area contributed by atoms with Crippen LogP contribution in [0.5, 0.6) is 0 Å². The van der Waals surface area contributed by atoms with E-state index < -0.39 is 130 Å². The molecule has 0 radical (unpaired) electrons. The van der Waals surface area contributed by atoms with Crippen LogP contribution >= 0.6 is 0 Å². The Morgan fingerprint density at radius 2 is 0.605 bits per heavy atom. The normalized spacial score (nSPS) is 15.7. The Hall–Kier alpha value is -4.03. The van der Waals surface area contributed by atoms with Crippen molar-refractivity contribution in [1.29, 1.82) is 0 Å². The molecule has 0 unspecified atom stereocenters. The topological polar surface area (TPSA) is 380 Å². The lowest BCUT2D eigenvalue weighted by Gasteiger charge is -2.25. The van der Waals surface area contributed by atoms with Crippen molar-refractivity contribution in [3.63, 3.8) is 0 Å². The van der Waals surface area contributed by atoms with Gasteiger partial charge in [0.05, 0.1) is 46.2 Å². The van der Waals surface area contributed by atoms with E-state index in [9.17, 15) is 59.1 Å². The Bertz CT molecular complexity index is 985. The summed E-state index contributed by atoms with van der Waals surface area (Å²) >= 11 is 0. The van der Waals surface area contributed by atoms with Gasteiger partial charge in [-0.15, -0.1) is 0 Å². The molecule has 22 heteroatoms. The van der Waals surface area contributed by atoms with Crippen molar-refractivity contribution >= 4 is 41.4 Å². The lowest BCUT2D eigenvalue weighted by Crippen LogP contribution is -2.62. The summed E-state index contributed by atoms with van der Waals surface area (Å²) in [5.74, 6) is -8.90. The van der Waals surface area contributed by atoms with E-state index in [-0.39, 0.29) is 0 Å². The molecule has 0 aromatic carbocycles. The Morgan fingerprint density at radius 1 is 0.395 bits per heavy atom. The van der Waals surface area contributed by atoms with Gasteiger partial charge in [0.15, 0.2) is 0 Å². The van der Waals surface area contributed by atoms with E-state index in [1.165, 1.54) is 0 Å². The SMILES string of the molecule is N[C@@H](CO)C(=O)N[C@@H](CO)C(=O)N[C@@H](CO)C(=O)N[C@@H](CO)C(=O)N[C@@H](CO)C(=O)N[C@@H](CO)C(=O)N[C@@H](CO)C(=O)O. The van der Waals surface area contributed by atoms with Gasteiger partial charge in [0, 0.05) is 0 Å². The smallest absolute Gasteiger partial charge is 0.328 e. The first-order valence-corrected chi connectivity index (χ1v) is 12.3. The number of carbonyl (C=O) groups is 7. The van der Waals surface area contributed by atoms with E-state index in [4.69, 9.17) is 21.1 Å². The van der Waals surface area contributed by atoms with Crippen molar-refractivity contribution in [2.45, 2.75) is 42.3 Å². The summed E-state index contributed by atoms with van der Waals surface area (Å²) < 4.78 is 0. The first kappa shape index (κ1) is 39.0. The molecule has 0 spiro atoms. The summed E-state index contributed by atoms with van der Waals surface area (Å²) in [5.41, 5.74) is 5.29. The summed E-state index contributed by atoms with van der Waals surface area (Å²) in [7, 11) is 0. The monoisotopic (exact) mass is 627 g/mol. The summed E-state index contributed by atoms with van der Waals surface area (Å²) in [5, 5.41) is 85.7. The number of hydrogen-bond donors (Lipinski definition) is 15. The number of aliphatic carboxylic acids is 1. The zero-order valence-electron chi connectivity index (χ0n) is 22.5. The number of carboxylic acid groups (broad SMARTS) is 1. The van der Waals surface area contributed by atoms with Crippen molar-refractivity contribution in [1.82, 2.24) is 31.9 Å². The van der Waals surface area contributed by atoms with E-state index in [1.807, 2.05) is 31.9 Å². The number of hydrogen-bond acceptors (Lipinski definition) is 15. The fraction of sp³-hybridized carbons (Fsp3) is 0.667. The molecule has 0 aliphatic rings. The van der Waals surface area contributed by atoms with Gasteiger partial charge in [0.1, 0.15) is 42.3 Å². The average Bonchev–Trinajstić information content (AvgIpc) is 2.99. The fourth-order valence-electron chi connectivity index (χ4n) is 2.88. The number of carboxylic acids is 1. The third kappa shape index (κ3) is 12.8. The van der Waals surface area contributed by atoms with Gasteiger partial charge < -0.3 is 78.5 Å². The zero-order chi connectivity index (χ0) is 33.3. The van der Waals surface area contributed by atoms with Gasteiger partial charge in [-0.3, -0.25) is 28.8 Å². The number of rotatable bonds is 20. The minimum absolute atomic E-state index is 0.786. The number of carbonyl (C=O) groups excluding carboxylic acids is 6. The molecular formula is C21H37N7O15. The van der Waals surface area contributed by atoms with Crippen LogP contribution in [0.3, 0.4) is 0 Å². The van der Waals surface area contributed by atoms with Gasteiger partial charge in [-0.25, -0.2) is 4.79 Å². The van der Waals surface area contributed by atoms with Crippen molar-refractivity contribution in [2.75, 3.05) is 46.2 Å². The summed E-state index contributed by atoms with van der Waals surface area (Å²) in [6.45, 7) is -7.16. The van der Waals surface area contributed by atoms with Crippen molar-refractivity contribution in [3.8, 4) is 0 Å². The number of aliphatic hydroxyl groups is 7. The van der Waals surface area contributed by atoms with E-state index in [2.05, 4.69) is 0 Å². The molecule has 0 saturated heterocycles. The molecule has 0 aliphatic heterocycles. The number of amides is 6. The van der Waals surface area contributed by atoms with E-state index in [1.54, 1.807) is 0 Å². The first-order chi connectivity index (χ1) is 20.2. The second-order valence-corrected chi connectivity index (χ2v) is 8.59. The molecule has 0 bridgehead atoms. The van der Waals surface area contributed by atoms with Gasteiger partial charge in [-0.05, 0) is 0 Å². The highest BCUT2D eigenvalue weighted by Crippen LogP contribution is 1.96. The van der Waals surface area contributed by atoms with Crippen LogP contribution in [0.4, 0.5) is 0 Å². The van der Waals surface area contributed by atoms with Crippen molar-refractivity contribution in [3.05, 3.63) is 0 Å². The molecule has 6 amide bonds. The molecule has 0 heterocycles. The van der Waals surface area contributed by atoms with Crippen LogP contribution in [0.1, 0.15) is 0 Å². The molecule has 0 aromatic heterocycles. The van der Waals surface area contributed by atoms with Gasteiger partial charge in [0.2, 0.25) is 35.4 Å². The first-order valence-electron chi connectivity index (χ1n) is 12.3. The predicted molar refractivity (Wildman–Crippen MR) is 137 cm³/mol. The number of nitrogens with one attached hydrogen (secondary N) is 6. The summed E-state index contributed by atoms with van der Waals surface area (Å²) in [6.07, 6.45) is 0. The van der Waals surface area contributed by atoms with E-state index in [0.717, 1.165) is 0 Å². The van der Waals surface area contributed by atoms with Crippen LogP contribution < -0.4 is 37.6 Å². The highest BCUT2D eigenvalue weighted by atomic mass is 16.4.